The van der Waals surface area contributed by atoms with Crippen LogP contribution in [0.2, 0.25) is 0 Å². The van der Waals surface area contributed by atoms with Crippen molar-refractivity contribution in [3.8, 4) is 5.75 Å². The summed E-state index contributed by atoms with van der Waals surface area (Å²) >= 11 is 0. The molecule has 19 heavy (non-hydrogen) atoms. The molecule has 0 spiro atoms. The van der Waals surface area contributed by atoms with Gasteiger partial charge < -0.3 is 4.74 Å². The Morgan fingerprint density at radius 2 is 2.16 bits per heavy atom. The Hall–Kier alpha value is -1.98. The summed E-state index contributed by atoms with van der Waals surface area (Å²) in [4.78, 5) is 4.10. The molecule has 0 radical (unpaired) electrons. The van der Waals surface area contributed by atoms with Crippen LogP contribution in [0.25, 0.3) is 0 Å². The van der Waals surface area contributed by atoms with Crippen molar-refractivity contribution in [2.45, 2.75) is 13.0 Å². The minimum Gasteiger partial charge on any atom is -0.494 e. The minimum absolute atomic E-state index is 0.194. The molecule has 1 aromatic carbocycles. The van der Waals surface area contributed by atoms with Crippen LogP contribution < -0.4 is 16.0 Å². The highest BCUT2D eigenvalue weighted by molar-refractivity contribution is 5.39. The van der Waals surface area contributed by atoms with E-state index in [-0.39, 0.29) is 11.8 Å². The number of aryl methyl sites for hydroxylation is 1. The molecule has 2 rings (SSSR count). The molecule has 3 N–H and O–H groups in total. The number of hydrogen-bond acceptors (Lipinski definition) is 4. The van der Waals surface area contributed by atoms with Crippen molar-refractivity contribution in [1.29, 1.82) is 0 Å². The Kier molecular flexibility index (Phi) is 4.09. The van der Waals surface area contributed by atoms with E-state index < -0.39 is 5.82 Å². The second-order valence-corrected chi connectivity index (χ2v) is 4.23. The first-order valence-corrected chi connectivity index (χ1v) is 5.87. The summed E-state index contributed by atoms with van der Waals surface area (Å²) in [7, 11) is 1.43. The van der Waals surface area contributed by atoms with Crippen molar-refractivity contribution >= 4 is 0 Å². The summed E-state index contributed by atoms with van der Waals surface area (Å²) in [5, 5.41) is 0. The zero-order chi connectivity index (χ0) is 13.8. The number of benzene rings is 1. The van der Waals surface area contributed by atoms with Gasteiger partial charge in [-0.1, -0.05) is 6.07 Å². The highest BCUT2D eigenvalue weighted by Gasteiger charge is 2.16. The number of pyridine rings is 1. The molecule has 1 atom stereocenters. The Balaban J connectivity index is 2.45. The molecule has 0 saturated heterocycles. The van der Waals surface area contributed by atoms with E-state index in [9.17, 15) is 4.39 Å². The lowest BCUT2D eigenvalue weighted by Gasteiger charge is -2.19. The third kappa shape index (κ3) is 2.72. The first-order chi connectivity index (χ1) is 9.17. The fourth-order valence-electron chi connectivity index (χ4n) is 2.00. The van der Waals surface area contributed by atoms with Crippen molar-refractivity contribution in [2.75, 3.05) is 7.11 Å². The Morgan fingerprint density at radius 1 is 1.37 bits per heavy atom. The molecule has 0 bridgehead atoms. The number of nitrogens with two attached hydrogens (primary N) is 1. The summed E-state index contributed by atoms with van der Waals surface area (Å²) in [6.45, 7) is 1.97. The smallest absolute Gasteiger partial charge is 0.165 e. The van der Waals surface area contributed by atoms with Crippen LogP contribution in [0.4, 0.5) is 4.39 Å². The largest absolute Gasteiger partial charge is 0.494 e. The summed E-state index contributed by atoms with van der Waals surface area (Å²) in [5.41, 5.74) is 5.54. The molecule has 0 fully saturated rings. The number of aromatic nitrogens is 1. The summed E-state index contributed by atoms with van der Waals surface area (Å²) in [6, 6.07) is 6.31. The quantitative estimate of drug-likeness (QED) is 0.653. The van der Waals surface area contributed by atoms with Crippen molar-refractivity contribution in [2.24, 2.45) is 5.84 Å². The monoisotopic (exact) mass is 261 g/mol. The lowest BCUT2D eigenvalue weighted by molar-refractivity contribution is 0.385. The van der Waals surface area contributed by atoms with Gasteiger partial charge in [-0.05, 0) is 41.8 Å². The van der Waals surface area contributed by atoms with Gasteiger partial charge in [-0.3, -0.25) is 10.8 Å². The molecule has 100 valence electrons. The van der Waals surface area contributed by atoms with E-state index in [0.29, 0.717) is 0 Å². The summed E-state index contributed by atoms with van der Waals surface area (Å²) in [5.74, 6) is 5.42. The van der Waals surface area contributed by atoms with Crippen molar-refractivity contribution < 1.29 is 9.13 Å². The van der Waals surface area contributed by atoms with Gasteiger partial charge in [0.2, 0.25) is 0 Å². The fourth-order valence-corrected chi connectivity index (χ4v) is 2.00. The summed E-state index contributed by atoms with van der Waals surface area (Å²) in [6.07, 6.45) is 3.47. The maximum Gasteiger partial charge on any atom is 0.165 e. The van der Waals surface area contributed by atoms with E-state index in [2.05, 4.69) is 10.4 Å². The second-order valence-electron chi connectivity index (χ2n) is 4.23. The number of halogens is 1. The SMILES string of the molecule is COc1cc(C(NN)c2cnccc2C)ccc1F. The van der Waals surface area contributed by atoms with Crippen LogP contribution in [0.1, 0.15) is 22.7 Å². The van der Waals surface area contributed by atoms with E-state index >= 15 is 0 Å². The molecule has 0 aliphatic carbocycles. The minimum atomic E-state index is -0.398. The van der Waals surface area contributed by atoms with Crippen LogP contribution in [0.15, 0.2) is 36.7 Å². The first kappa shape index (κ1) is 13.5. The average molecular weight is 261 g/mol. The molecule has 0 aliphatic rings. The highest BCUT2D eigenvalue weighted by atomic mass is 19.1. The van der Waals surface area contributed by atoms with Gasteiger partial charge in [-0.15, -0.1) is 0 Å². The van der Waals surface area contributed by atoms with E-state index in [4.69, 9.17) is 10.6 Å². The van der Waals surface area contributed by atoms with E-state index in [0.717, 1.165) is 16.7 Å². The number of hydrogen-bond donors (Lipinski definition) is 2. The van der Waals surface area contributed by atoms with E-state index in [1.165, 1.54) is 13.2 Å². The van der Waals surface area contributed by atoms with Crippen molar-refractivity contribution in [3.05, 3.63) is 59.2 Å². The Bertz CT molecular complexity index is 574. The Labute approximate surface area is 111 Å². The standard InChI is InChI=1S/C14H16FN3O/c1-9-5-6-17-8-11(9)14(18-16)10-3-4-12(15)13(7-10)19-2/h3-8,14,18H,16H2,1-2H3. The third-order valence-corrected chi connectivity index (χ3v) is 3.07. The van der Waals surface area contributed by atoms with Gasteiger partial charge in [0.25, 0.3) is 0 Å². The van der Waals surface area contributed by atoms with Crippen LogP contribution in [-0.2, 0) is 0 Å². The molecular formula is C14H16FN3O. The molecule has 1 heterocycles. The Morgan fingerprint density at radius 3 is 2.79 bits per heavy atom. The molecule has 1 unspecified atom stereocenters. The second kappa shape index (κ2) is 5.77. The number of hydrazine groups is 1. The third-order valence-electron chi connectivity index (χ3n) is 3.07. The van der Waals surface area contributed by atoms with E-state index in [1.54, 1.807) is 24.5 Å². The fraction of sp³-hybridized carbons (Fsp3) is 0.214. The lowest BCUT2D eigenvalue weighted by atomic mass is 9.97. The average Bonchev–Trinajstić information content (AvgIpc) is 2.43. The van der Waals surface area contributed by atoms with Crippen molar-refractivity contribution in [3.63, 3.8) is 0 Å². The maximum atomic E-state index is 13.4. The molecule has 2 aromatic rings. The van der Waals surface area contributed by atoms with Gasteiger partial charge in [-0.2, -0.15) is 0 Å². The molecule has 5 heteroatoms. The first-order valence-electron chi connectivity index (χ1n) is 5.87. The number of nitrogens with one attached hydrogen (secondary N) is 1. The number of methoxy groups -OCH3 is 1. The normalized spacial score (nSPS) is 12.2. The van der Waals surface area contributed by atoms with E-state index in [1.807, 2.05) is 13.0 Å². The molecule has 4 nitrogen and oxygen atoms in total. The maximum absolute atomic E-state index is 13.4. The van der Waals surface area contributed by atoms with Gasteiger partial charge in [-0.25, -0.2) is 9.82 Å². The van der Waals surface area contributed by atoms with Crippen LogP contribution in [0, 0.1) is 12.7 Å². The van der Waals surface area contributed by atoms with Crippen molar-refractivity contribution in [1.82, 2.24) is 10.4 Å². The number of rotatable bonds is 4. The molecule has 0 saturated carbocycles. The zero-order valence-electron chi connectivity index (χ0n) is 10.9. The van der Waals surface area contributed by atoms with Gasteiger partial charge in [0.15, 0.2) is 11.6 Å². The predicted molar refractivity (Wildman–Crippen MR) is 71.1 cm³/mol. The van der Waals surface area contributed by atoms with Crippen LogP contribution in [-0.4, -0.2) is 12.1 Å². The number of ether oxygens (including phenoxy) is 1. The lowest BCUT2D eigenvalue weighted by Crippen LogP contribution is -2.29. The zero-order valence-corrected chi connectivity index (χ0v) is 10.9. The van der Waals surface area contributed by atoms with Crippen LogP contribution in [0.3, 0.4) is 0 Å². The van der Waals surface area contributed by atoms with Crippen LogP contribution >= 0.6 is 0 Å². The topological polar surface area (TPSA) is 60.2 Å². The number of nitrogens with zero attached hydrogens (tertiary/aromatic N) is 1. The van der Waals surface area contributed by atoms with Gasteiger partial charge in [0.05, 0.1) is 13.2 Å². The van der Waals surface area contributed by atoms with Gasteiger partial charge in [0, 0.05) is 12.4 Å². The van der Waals surface area contributed by atoms with Gasteiger partial charge in [0.1, 0.15) is 0 Å². The summed E-state index contributed by atoms with van der Waals surface area (Å²) < 4.78 is 18.4. The molecule has 0 aliphatic heterocycles. The highest BCUT2D eigenvalue weighted by Crippen LogP contribution is 2.27. The molecule has 1 aromatic heterocycles. The van der Waals surface area contributed by atoms with Crippen LogP contribution in [0.5, 0.6) is 5.75 Å². The predicted octanol–water partition coefficient (Wildman–Crippen LogP) is 2.09. The molecular weight excluding hydrogens is 245 g/mol. The molecule has 0 amide bonds. The van der Waals surface area contributed by atoms with Gasteiger partial charge >= 0.3 is 0 Å².